The first kappa shape index (κ1) is 18.6. The van der Waals surface area contributed by atoms with Crippen molar-refractivity contribution in [1.29, 1.82) is 0 Å². The Morgan fingerprint density at radius 3 is 2.12 bits per heavy atom. The SMILES string of the molecule is COc1cc(NC(=O)CN(C)Cc2ccccc2)cc(OC)c1OC. The number of hydrogen-bond donors (Lipinski definition) is 1. The van der Waals surface area contributed by atoms with Crippen LogP contribution >= 0.6 is 0 Å². The van der Waals surface area contributed by atoms with Crippen molar-refractivity contribution in [2.24, 2.45) is 0 Å². The second-order valence-electron chi connectivity index (χ2n) is 5.62. The highest BCUT2D eigenvalue weighted by atomic mass is 16.5. The molecule has 0 spiro atoms. The first-order valence-corrected chi connectivity index (χ1v) is 7.89. The molecule has 0 aliphatic carbocycles. The van der Waals surface area contributed by atoms with Gasteiger partial charge in [0, 0.05) is 24.4 Å². The zero-order chi connectivity index (χ0) is 18.2. The molecule has 0 bridgehead atoms. The maximum atomic E-state index is 12.3. The molecule has 0 radical (unpaired) electrons. The fourth-order valence-corrected chi connectivity index (χ4v) is 2.55. The Kier molecular flexibility index (Phi) is 6.65. The summed E-state index contributed by atoms with van der Waals surface area (Å²) in [5, 5.41) is 2.86. The van der Waals surface area contributed by atoms with Gasteiger partial charge in [0.25, 0.3) is 0 Å². The van der Waals surface area contributed by atoms with Gasteiger partial charge < -0.3 is 19.5 Å². The van der Waals surface area contributed by atoms with Gasteiger partial charge in [-0.2, -0.15) is 0 Å². The predicted molar refractivity (Wildman–Crippen MR) is 97.5 cm³/mol. The lowest BCUT2D eigenvalue weighted by molar-refractivity contribution is -0.117. The average molecular weight is 344 g/mol. The van der Waals surface area contributed by atoms with E-state index in [2.05, 4.69) is 5.32 Å². The van der Waals surface area contributed by atoms with E-state index >= 15 is 0 Å². The highest BCUT2D eigenvalue weighted by Crippen LogP contribution is 2.39. The molecule has 1 N–H and O–H groups in total. The van der Waals surface area contributed by atoms with Gasteiger partial charge in [-0.15, -0.1) is 0 Å². The quantitative estimate of drug-likeness (QED) is 0.798. The van der Waals surface area contributed by atoms with Gasteiger partial charge in [-0.05, 0) is 12.6 Å². The topological polar surface area (TPSA) is 60.0 Å². The van der Waals surface area contributed by atoms with E-state index in [1.165, 1.54) is 21.3 Å². The van der Waals surface area contributed by atoms with Crippen LogP contribution in [0.25, 0.3) is 0 Å². The van der Waals surface area contributed by atoms with E-state index in [0.29, 0.717) is 29.5 Å². The maximum absolute atomic E-state index is 12.3. The lowest BCUT2D eigenvalue weighted by atomic mass is 10.2. The standard InChI is InChI=1S/C19H24N2O4/c1-21(12-14-8-6-5-7-9-14)13-18(22)20-15-10-16(23-2)19(25-4)17(11-15)24-3/h5-11H,12-13H2,1-4H3,(H,20,22). The Morgan fingerprint density at radius 2 is 1.60 bits per heavy atom. The molecule has 0 unspecified atom stereocenters. The van der Waals surface area contributed by atoms with Crippen LogP contribution in [0.2, 0.25) is 0 Å². The average Bonchev–Trinajstić information content (AvgIpc) is 2.61. The lowest BCUT2D eigenvalue weighted by Crippen LogP contribution is -2.29. The summed E-state index contributed by atoms with van der Waals surface area (Å²) in [4.78, 5) is 14.2. The molecule has 0 fully saturated rings. The number of anilines is 1. The first-order chi connectivity index (χ1) is 12.1. The van der Waals surface area contributed by atoms with E-state index in [4.69, 9.17) is 14.2 Å². The minimum absolute atomic E-state index is 0.118. The van der Waals surface area contributed by atoms with E-state index in [-0.39, 0.29) is 12.5 Å². The van der Waals surface area contributed by atoms with Crippen LogP contribution < -0.4 is 19.5 Å². The van der Waals surface area contributed by atoms with Crippen molar-refractivity contribution in [3.63, 3.8) is 0 Å². The fourth-order valence-electron chi connectivity index (χ4n) is 2.55. The number of likely N-dealkylation sites (N-methyl/N-ethyl adjacent to an activating group) is 1. The normalized spacial score (nSPS) is 10.4. The fraction of sp³-hybridized carbons (Fsp3) is 0.316. The summed E-state index contributed by atoms with van der Waals surface area (Å²) in [5.41, 5.74) is 1.75. The van der Waals surface area contributed by atoms with E-state index in [0.717, 1.165) is 5.56 Å². The van der Waals surface area contributed by atoms with Gasteiger partial charge >= 0.3 is 0 Å². The molecule has 0 heterocycles. The number of rotatable bonds is 8. The minimum Gasteiger partial charge on any atom is -0.493 e. The van der Waals surface area contributed by atoms with Gasteiger partial charge in [0.05, 0.1) is 27.9 Å². The molecule has 6 heteroatoms. The summed E-state index contributed by atoms with van der Waals surface area (Å²) in [6.45, 7) is 0.967. The Hall–Kier alpha value is -2.73. The molecular weight excluding hydrogens is 320 g/mol. The largest absolute Gasteiger partial charge is 0.493 e. The molecule has 0 aromatic heterocycles. The van der Waals surface area contributed by atoms with Crippen LogP contribution in [0, 0.1) is 0 Å². The monoisotopic (exact) mass is 344 g/mol. The number of methoxy groups -OCH3 is 3. The van der Waals surface area contributed by atoms with E-state index in [1.807, 2.05) is 42.3 Å². The Morgan fingerprint density at radius 1 is 1.00 bits per heavy atom. The molecule has 0 saturated heterocycles. The number of ether oxygens (including phenoxy) is 3. The van der Waals surface area contributed by atoms with Gasteiger partial charge in [0.1, 0.15) is 0 Å². The molecule has 0 aliphatic heterocycles. The first-order valence-electron chi connectivity index (χ1n) is 7.89. The number of amides is 1. The summed E-state index contributed by atoms with van der Waals surface area (Å²) in [6.07, 6.45) is 0. The maximum Gasteiger partial charge on any atom is 0.238 e. The van der Waals surface area contributed by atoms with E-state index in [1.54, 1.807) is 12.1 Å². The van der Waals surface area contributed by atoms with Gasteiger partial charge in [0.2, 0.25) is 11.7 Å². The number of carbonyl (C=O) groups is 1. The van der Waals surface area contributed by atoms with Crippen LogP contribution in [0.1, 0.15) is 5.56 Å². The van der Waals surface area contributed by atoms with Crippen LogP contribution in [-0.2, 0) is 11.3 Å². The van der Waals surface area contributed by atoms with Crippen LogP contribution in [0.15, 0.2) is 42.5 Å². The molecule has 2 aromatic rings. The van der Waals surface area contributed by atoms with Crippen molar-refractivity contribution in [3.8, 4) is 17.2 Å². The lowest BCUT2D eigenvalue weighted by Gasteiger charge is -2.18. The van der Waals surface area contributed by atoms with Crippen molar-refractivity contribution >= 4 is 11.6 Å². The predicted octanol–water partition coefficient (Wildman–Crippen LogP) is 2.78. The van der Waals surface area contributed by atoms with Crippen molar-refractivity contribution in [2.75, 3.05) is 40.2 Å². The molecule has 1 amide bonds. The number of benzene rings is 2. The molecule has 2 aromatic carbocycles. The highest BCUT2D eigenvalue weighted by Gasteiger charge is 2.15. The molecule has 2 rings (SSSR count). The summed E-state index contributed by atoms with van der Waals surface area (Å²) in [5.74, 6) is 1.36. The van der Waals surface area contributed by atoms with Gasteiger partial charge in [-0.3, -0.25) is 9.69 Å². The third-order valence-electron chi connectivity index (χ3n) is 3.66. The van der Waals surface area contributed by atoms with Gasteiger partial charge in [-0.1, -0.05) is 30.3 Å². The van der Waals surface area contributed by atoms with Crippen molar-refractivity contribution in [2.45, 2.75) is 6.54 Å². The van der Waals surface area contributed by atoms with E-state index in [9.17, 15) is 4.79 Å². The molecule has 6 nitrogen and oxygen atoms in total. The summed E-state index contributed by atoms with van der Waals surface area (Å²) >= 11 is 0. The highest BCUT2D eigenvalue weighted by molar-refractivity contribution is 5.93. The summed E-state index contributed by atoms with van der Waals surface area (Å²) in [7, 11) is 6.52. The third-order valence-corrected chi connectivity index (χ3v) is 3.66. The van der Waals surface area contributed by atoms with Gasteiger partial charge in [-0.25, -0.2) is 0 Å². The Labute approximate surface area is 148 Å². The molecule has 0 atom stereocenters. The van der Waals surface area contributed by atoms with Crippen LogP contribution in [0.4, 0.5) is 5.69 Å². The molecule has 25 heavy (non-hydrogen) atoms. The van der Waals surface area contributed by atoms with Crippen molar-refractivity contribution < 1.29 is 19.0 Å². The minimum atomic E-state index is -0.118. The molecule has 0 saturated carbocycles. The van der Waals surface area contributed by atoms with Crippen LogP contribution in [0.3, 0.4) is 0 Å². The number of hydrogen-bond acceptors (Lipinski definition) is 5. The Bertz CT molecular complexity index is 679. The number of nitrogens with one attached hydrogen (secondary N) is 1. The van der Waals surface area contributed by atoms with Crippen molar-refractivity contribution in [1.82, 2.24) is 4.90 Å². The molecule has 0 aliphatic rings. The zero-order valence-electron chi connectivity index (χ0n) is 15.0. The van der Waals surface area contributed by atoms with Crippen LogP contribution in [0.5, 0.6) is 17.2 Å². The summed E-state index contributed by atoms with van der Waals surface area (Å²) < 4.78 is 15.9. The van der Waals surface area contributed by atoms with Crippen LogP contribution in [-0.4, -0.2) is 45.7 Å². The second-order valence-corrected chi connectivity index (χ2v) is 5.62. The van der Waals surface area contributed by atoms with Crippen molar-refractivity contribution in [3.05, 3.63) is 48.0 Å². The Balaban J connectivity index is 2.02. The number of carbonyl (C=O) groups excluding carboxylic acids is 1. The molecular formula is C19H24N2O4. The smallest absolute Gasteiger partial charge is 0.238 e. The number of nitrogens with zero attached hydrogens (tertiary/aromatic N) is 1. The van der Waals surface area contributed by atoms with E-state index < -0.39 is 0 Å². The molecule has 134 valence electrons. The zero-order valence-corrected chi connectivity index (χ0v) is 15.0. The van der Waals surface area contributed by atoms with Gasteiger partial charge in [0.15, 0.2) is 11.5 Å². The third kappa shape index (κ3) is 5.12. The second kappa shape index (κ2) is 8.94. The summed E-state index contributed by atoms with van der Waals surface area (Å²) in [6, 6.07) is 13.4.